The molecule has 78 valence electrons. The highest BCUT2D eigenvalue weighted by Gasteiger charge is 2.17. The van der Waals surface area contributed by atoms with Gasteiger partial charge in [-0.05, 0) is 25.8 Å². The molecular weight excluding hydrogens is 246 g/mol. The van der Waals surface area contributed by atoms with Crippen LogP contribution in [-0.2, 0) is 0 Å². The Balaban J connectivity index is 2.11. The molecule has 0 amide bonds. The molecule has 1 aliphatic rings. The van der Waals surface area contributed by atoms with E-state index in [2.05, 4.69) is 39.5 Å². The van der Waals surface area contributed by atoms with Gasteiger partial charge in [0.05, 0.1) is 0 Å². The Kier molecular flexibility index (Phi) is 6.51. The van der Waals surface area contributed by atoms with Crippen LogP contribution in [0.1, 0.15) is 26.2 Å². The number of halogens is 1. The van der Waals surface area contributed by atoms with Gasteiger partial charge in [-0.2, -0.15) is 11.8 Å². The van der Waals surface area contributed by atoms with E-state index >= 15 is 0 Å². The van der Waals surface area contributed by atoms with Gasteiger partial charge in [0.1, 0.15) is 0 Å². The monoisotopic (exact) mass is 265 g/mol. The first-order valence-electron chi connectivity index (χ1n) is 5.26. The molecule has 0 N–H and O–H groups in total. The molecule has 0 saturated carbocycles. The highest BCUT2D eigenvalue weighted by Crippen LogP contribution is 2.21. The van der Waals surface area contributed by atoms with Gasteiger partial charge in [0, 0.05) is 29.4 Å². The van der Waals surface area contributed by atoms with E-state index in [9.17, 15) is 0 Å². The Morgan fingerprint density at radius 3 is 3.00 bits per heavy atom. The Bertz CT molecular complexity index is 132. The molecule has 1 aliphatic heterocycles. The zero-order valence-electron chi connectivity index (χ0n) is 8.47. The summed E-state index contributed by atoms with van der Waals surface area (Å²) in [5.74, 6) is 1.34. The minimum Gasteiger partial charge on any atom is -0.301 e. The Morgan fingerprint density at radius 1 is 1.46 bits per heavy atom. The van der Waals surface area contributed by atoms with Crippen LogP contribution in [0.25, 0.3) is 0 Å². The van der Waals surface area contributed by atoms with Crippen molar-refractivity contribution in [2.24, 2.45) is 0 Å². The van der Waals surface area contributed by atoms with Crippen molar-refractivity contribution >= 4 is 27.7 Å². The summed E-state index contributed by atoms with van der Waals surface area (Å²) in [6.45, 7) is 6.25. The van der Waals surface area contributed by atoms with Gasteiger partial charge < -0.3 is 4.90 Å². The highest BCUT2D eigenvalue weighted by molar-refractivity contribution is 9.09. The van der Waals surface area contributed by atoms with Gasteiger partial charge in [-0.3, -0.25) is 0 Å². The van der Waals surface area contributed by atoms with Crippen LogP contribution in [-0.4, -0.2) is 40.9 Å². The first-order chi connectivity index (χ1) is 6.36. The smallest absolute Gasteiger partial charge is 0.0172 e. The second kappa shape index (κ2) is 7.13. The Hall–Kier alpha value is 0.790. The summed E-state index contributed by atoms with van der Waals surface area (Å²) in [4.78, 5) is 2.63. The molecule has 1 rings (SSSR count). The summed E-state index contributed by atoms with van der Waals surface area (Å²) >= 11 is 5.63. The lowest BCUT2D eigenvalue weighted by Gasteiger charge is -2.31. The molecule has 1 fully saturated rings. The third-order valence-electron chi connectivity index (χ3n) is 2.54. The highest BCUT2D eigenvalue weighted by atomic mass is 79.9. The molecule has 1 heterocycles. The summed E-state index contributed by atoms with van der Waals surface area (Å²) in [6.07, 6.45) is 4.01. The number of unbranched alkanes of at least 4 members (excludes halogenated alkanes) is 1. The molecule has 0 aromatic rings. The van der Waals surface area contributed by atoms with Crippen LogP contribution in [0.2, 0.25) is 0 Å². The van der Waals surface area contributed by atoms with Crippen molar-refractivity contribution in [3.8, 4) is 0 Å². The quantitative estimate of drug-likeness (QED) is 0.556. The molecule has 0 aliphatic carbocycles. The van der Waals surface area contributed by atoms with Crippen molar-refractivity contribution < 1.29 is 0 Å². The van der Waals surface area contributed by atoms with Crippen LogP contribution < -0.4 is 0 Å². The van der Waals surface area contributed by atoms with Crippen molar-refractivity contribution in [1.82, 2.24) is 4.90 Å². The molecule has 1 atom stereocenters. The molecule has 13 heavy (non-hydrogen) atoms. The van der Waals surface area contributed by atoms with Crippen LogP contribution in [0.5, 0.6) is 0 Å². The van der Waals surface area contributed by atoms with Crippen LogP contribution >= 0.6 is 27.7 Å². The van der Waals surface area contributed by atoms with Gasteiger partial charge in [-0.1, -0.05) is 22.9 Å². The van der Waals surface area contributed by atoms with E-state index in [1.165, 1.54) is 44.6 Å². The van der Waals surface area contributed by atoms with Crippen molar-refractivity contribution in [3.63, 3.8) is 0 Å². The molecule has 1 nitrogen and oxygen atoms in total. The lowest BCUT2D eigenvalue weighted by Crippen LogP contribution is -2.38. The number of thioether (sulfide) groups is 1. The fourth-order valence-corrected chi connectivity index (χ4v) is 3.31. The molecule has 0 aromatic carbocycles. The SMILES string of the molecule is CCC1CN(CCCCBr)CCS1. The van der Waals surface area contributed by atoms with E-state index in [1.807, 2.05) is 0 Å². The second-order valence-corrected chi connectivity index (χ2v) is 5.80. The Labute approximate surface area is 94.8 Å². The third-order valence-corrected chi connectivity index (χ3v) is 4.47. The molecule has 0 aromatic heterocycles. The molecule has 1 saturated heterocycles. The van der Waals surface area contributed by atoms with Gasteiger partial charge in [0.15, 0.2) is 0 Å². The summed E-state index contributed by atoms with van der Waals surface area (Å²) < 4.78 is 0. The molecular formula is C10H20BrNS. The van der Waals surface area contributed by atoms with Crippen molar-refractivity contribution in [2.45, 2.75) is 31.4 Å². The zero-order chi connectivity index (χ0) is 9.52. The topological polar surface area (TPSA) is 3.24 Å². The predicted molar refractivity (Wildman–Crippen MR) is 66.0 cm³/mol. The standard InChI is InChI=1S/C10H20BrNS/c1-2-10-9-12(7-8-13-10)6-4-3-5-11/h10H,2-9H2,1H3. The molecule has 0 radical (unpaired) electrons. The first-order valence-corrected chi connectivity index (χ1v) is 7.43. The maximum Gasteiger partial charge on any atom is 0.0172 e. The van der Waals surface area contributed by atoms with Gasteiger partial charge in [-0.15, -0.1) is 0 Å². The fourth-order valence-electron chi connectivity index (χ4n) is 1.66. The summed E-state index contributed by atoms with van der Waals surface area (Å²) in [6, 6.07) is 0. The van der Waals surface area contributed by atoms with Gasteiger partial charge >= 0.3 is 0 Å². The van der Waals surface area contributed by atoms with E-state index < -0.39 is 0 Å². The lowest BCUT2D eigenvalue weighted by atomic mass is 10.2. The lowest BCUT2D eigenvalue weighted by molar-refractivity contribution is 0.277. The minimum absolute atomic E-state index is 0.901. The minimum atomic E-state index is 0.901. The summed E-state index contributed by atoms with van der Waals surface area (Å²) in [5.41, 5.74) is 0. The van der Waals surface area contributed by atoms with Crippen LogP contribution in [0.3, 0.4) is 0 Å². The van der Waals surface area contributed by atoms with Gasteiger partial charge in [0.25, 0.3) is 0 Å². The number of alkyl halides is 1. The van der Waals surface area contributed by atoms with Crippen molar-refractivity contribution in [1.29, 1.82) is 0 Å². The van der Waals surface area contributed by atoms with E-state index in [0.29, 0.717) is 0 Å². The van der Waals surface area contributed by atoms with Gasteiger partial charge in [0.2, 0.25) is 0 Å². The summed E-state index contributed by atoms with van der Waals surface area (Å²) in [7, 11) is 0. The third kappa shape index (κ3) is 4.71. The van der Waals surface area contributed by atoms with E-state index in [-0.39, 0.29) is 0 Å². The average Bonchev–Trinajstić information content (AvgIpc) is 2.19. The van der Waals surface area contributed by atoms with Crippen LogP contribution in [0.15, 0.2) is 0 Å². The molecule has 1 unspecified atom stereocenters. The van der Waals surface area contributed by atoms with Crippen molar-refractivity contribution in [2.75, 3.05) is 30.7 Å². The Morgan fingerprint density at radius 2 is 2.31 bits per heavy atom. The van der Waals surface area contributed by atoms with Crippen molar-refractivity contribution in [3.05, 3.63) is 0 Å². The normalized spacial score (nSPS) is 24.9. The molecule has 3 heteroatoms. The van der Waals surface area contributed by atoms with Crippen LogP contribution in [0, 0.1) is 0 Å². The predicted octanol–water partition coefficient (Wildman–Crippen LogP) is 2.99. The van der Waals surface area contributed by atoms with Crippen LogP contribution in [0.4, 0.5) is 0 Å². The number of rotatable bonds is 5. The molecule has 0 spiro atoms. The second-order valence-electron chi connectivity index (χ2n) is 3.60. The number of nitrogens with zero attached hydrogens (tertiary/aromatic N) is 1. The zero-order valence-corrected chi connectivity index (χ0v) is 10.9. The maximum absolute atomic E-state index is 3.48. The van der Waals surface area contributed by atoms with E-state index in [4.69, 9.17) is 0 Å². The number of hydrogen-bond donors (Lipinski definition) is 0. The van der Waals surface area contributed by atoms with Gasteiger partial charge in [-0.25, -0.2) is 0 Å². The maximum atomic E-state index is 3.48. The fraction of sp³-hybridized carbons (Fsp3) is 1.00. The number of hydrogen-bond acceptors (Lipinski definition) is 2. The first kappa shape index (κ1) is 11.9. The van der Waals surface area contributed by atoms with E-state index in [0.717, 1.165) is 10.6 Å². The molecule has 0 bridgehead atoms. The largest absolute Gasteiger partial charge is 0.301 e. The summed E-state index contributed by atoms with van der Waals surface area (Å²) in [5, 5.41) is 2.06. The average molecular weight is 266 g/mol. The van der Waals surface area contributed by atoms with E-state index in [1.54, 1.807) is 0 Å².